The first-order valence-electron chi connectivity index (χ1n) is 18.5. The summed E-state index contributed by atoms with van der Waals surface area (Å²) < 4.78 is 13.5. The molecule has 0 saturated heterocycles. The largest absolute Gasteiger partial charge is 0.455 e. The molecule has 0 N–H and O–H groups in total. The van der Waals surface area contributed by atoms with Crippen molar-refractivity contribution in [2.45, 2.75) is 0 Å². The topological polar surface area (TPSA) is 26.3 Å². The van der Waals surface area contributed by atoms with Crippen LogP contribution < -0.4 is 0 Å². The fraction of sp³-hybridized carbons (Fsp3) is 0. The van der Waals surface area contributed by atoms with Crippen molar-refractivity contribution >= 4 is 87.0 Å². The van der Waals surface area contributed by atoms with Gasteiger partial charge < -0.3 is 8.83 Å². The van der Waals surface area contributed by atoms with Crippen molar-refractivity contribution in [2.24, 2.45) is 0 Å². The van der Waals surface area contributed by atoms with E-state index >= 15 is 0 Å². The number of rotatable bonds is 3. The summed E-state index contributed by atoms with van der Waals surface area (Å²) in [6.45, 7) is 0. The summed E-state index contributed by atoms with van der Waals surface area (Å²) in [7, 11) is 0. The Labute approximate surface area is 310 Å². The van der Waals surface area contributed by atoms with Crippen LogP contribution >= 0.6 is 0 Å². The lowest BCUT2D eigenvalue weighted by atomic mass is 9.83. The van der Waals surface area contributed by atoms with E-state index in [0.717, 1.165) is 60.6 Å². The molecular weight excluding hydrogens is 657 g/mol. The van der Waals surface area contributed by atoms with Crippen LogP contribution in [0.15, 0.2) is 191 Å². The van der Waals surface area contributed by atoms with Gasteiger partial charge in [0, 0.05) is 43.8 Å². The molecule has 2 heteroatoms. The molecule has 0 atom stereocenters. The second kappa shape index (κ2) is 11.2. The quantitative estimate of drug-likeness (QED) is 0.137. The Balaban J connectivity index is 1.26. The average Bonchev–Trinajstić information content (AvgIpc) is 3.81. The van der Waals surface area contributed by atoms with E-state index in [1.54, 1.807) is 0 Å². The first kappa shape index (κ1) is 29.4. The van der Waals surface area contributed by atoms with Gasteiger partial charge in [0.1, 0.15) is 22.3 Å². The Kier molecular flexibility index (Phi) is 6.09. The maximum absolute atomic E-state index is 6.75. The van der Waals surface area contributed by atoms with Crippen molar-refractivity contribution < 1.29 is 8.83 Å². The molecule has 0 bridgehead atoms. The van der Waals surface area contributed by atoms with E-state index in [1.807, 2.05) is 12.1 Å². The molecule has 0 amide bonds. The smallest absolute Gasteiger partial charge is 0.143 e. The van der Waals surface area contributed by atoms with Gasteiger partial charge in [-0.05, 0) is 78.5 Å². The molecule has 2 aromatic heterocycles. The van der Waals surface area contributed by atoms with Gasteiger partial charge in [0.25, 0.3) is 0 Å². The molecule has 0 spiro atoms. The van der Waals surface area contributed by atoms with E-state index in [1.165, 1.54) is 59.8 Å². The Bertz CT molecular complexity index is 3510. The van der Waals surface area contributed by atoms with Crippen molar-refractivity contribution in [2.75, 3.05) is 0 Å². The first-order valence-corrected chi connectivity index (χ1v) is 18.5. The van der Waals surface area contributed by atoms with Gasteiger partial charge >= 0.3 is 0 Å². The van der Waals surface area contributed by atoms with Crippen molar-refractivity contribution in [3.8, 4) is 33.4 Å². The van der Waals surface area contributed by atoms with E-state index in [0.29, 0.717) is 0 Å². The summed E-state index contributed by atoms with van der Waals surface area (Å²) in [4.78, 5) is 0. The monoisotopic (exact) mass is 686 g/mol. The fourth-order valence-electron chi connectivity index (χ4n) is 9.11. The van der Waals surface area contributed by atoms with Crippen molar-refractivity contribution in [1.82, 2.24) is 0 Å². The average molecular weight is 687 g/mol. The molecule has 0 unspecified atom stereocenters. The van der Waals surface area contributed by atoms with Crippen molar-refractivity contribution in [3.05, 3.63) is 182 Å². The number of fused-ring (bicyclic) bond motifs is 11. The summed E-state index contributed by atoms with van der Waals surface area (Å²) in [6.07, 6.45) is 0. The van der Waals surface area contributed by atoms with Crippen LogP contribution in [0, 0.1) is 0 Å². The summed E-state index contributed by atoms with van der Waals surface area (Å²) in [5, 5.41) is 14.2. The minimum atomic E-state index is 0.894. The van der Waals surface area contributed by atoms with E-state index in [-0.39, 0.29) is 0 Å². The summed E-state index contributed by atoms with van der Waals surface area (Å²) in [6, 6.07) is 65.6. The molecule has 10 aromatic carbocycles. The van der Waals surface area contributed by atoms with E-state index in [4.69, 9.17) is 8.83 Å². The maximum atomic E-state index is 6.75. The third-order valence-electron chi connectivity index (χ3n) is 11.5. The van der Waals surface area contributed by atoms with Crippen LogP contribution in [-0.4, -0.2) is 0 Å². The molecule has 250 valence electrons. The minimum Gasteiger partial charge on any atom is -0.455 e. The molecule has 0 radical (unpaired) electrons. The van der Waals surface area contributed by atoms with Crippen LogP contribution in [0.3, 0.4) is 0 Å². The Morgan fingerprint density at radius 2 is 0.722 bits per heavy atom. The zero-order chi connectivity index (χ0) is 35.3. The van der Waals surface area contributed by atoms with Crippen molar-refractivity contribution in [1.29, 1.82) is 0 Å². The van der Waals surface area contributed by atoms with Crippen LogP contribution in [0.5, 0.6) is 0 Å². The number of para-hydroxylation sites is 4. The first-order chi connectivity index (χ1) is 26.8. The Morgan fingerprint density at radius 3 is 1.35 bits per heavy atom. The van der Waals surface area contributed by atoms with Crippen molar-refractivity contribution in [3.63, 3.8) is 0 Å². The van der Waals surface area contributed by atoms with Gasteiger partial charge in [0.15, 0.2) is 0 Å². The minimum absolute atomic E-state index is 0.894. The fourth-order valence-corrected chi connectivity index (χ4v) is 9.11. The second-order valence-electron chi connectivity index (χ2n) is 14.3. The van der Waals surface area contributed by atoms with Crippen LogP contribution in [0.4, 0.5) is 0 Å². The van der Waals surface area contributed by atoms with Crippen LogP contribution in [0.2, 0.25) is 0 Å². The molecule has 2 nitrogen and oxygen atoms in total. The zero-order valence-corrected chi connectivity index (χ0v) is 29.1. The van der Waals surface area contributed by atoms with Gasteiger partial charge in [-0.3, -0.25) is 0 Å². The number of hydrogen-bond acceptors (Lipinski definition) is 2. The predicted octanol–water partition coefficient (Wildman–Crippen LogP) is 15.1. The summed E-state index contributed by atoms with van der Waals surface area (Å²) in [5.74, 6) is 0. The van der Waals surface area contributed by atoms with Gasteiger partial charge in [0.05, 0.1) is 0 Å². The predicted molar refractivity (Wildman–Crippen MR) is 227 cm³/mol. The standard InChI is InChI=1S/C52H30O2/c1-2-14-33-31(13-1)29-45(35-16-4-3-15-34(33)35)32-27-28-40-46(30-32)50(44-24-12-22-42-37-18-8-10-26-48(37)54-52(42)44)39-20-6-5-19-38(39)49(40)43-23-11-21-41-36-17-7-9-25-47(36)53-51(41)43/h1-30H. The van der Waals surface area contributed by atoms with E-state index in [9.17, 15) is 0 Å². The molecule has 0 fully saturated rings. The van der Waals surface area contributed by atoms with Gasteiger partial charge in [0.2, 0.25) is 0 Å². The lowest BCUT2D eigenvalue weighted by Crippen LogP contribution is -1.93. The highest BCUT2D eigenvalue weighted by molar-refractivity contribution is 6.27. The number of hydrogen-bond donors (Lipinski definition) is 0. The van der Waals surface area contributed by atoms with Crippen LogP contribution in [0.1, 0.15) is 0 Å². The maximum Gasteiger partial charge on any atom is 0.143 e. The molecule has 12 aromatic rings. The molecule has 12 rings (SSSR count). The van der Waals surface area contributed by atoms with Crippen LogP contribution in [0.25, 0.3) is 120 Å². The zero-order valence-electron chi connectivity index (χ0n) is 29.1. The molecule has 0 aliphatic heterocycles. The highest BCUT2D eigenvalue weighted by atomic mass is 16.3. The Morgan fingerprint density at radius 1 is 0.259 bits per heavy atom. The molecule has 0 saturated carbocycles. The summed E-state index contributed by atoms with van der Waals surface area (Å²) >= 11 is 0. The highest BCUT2D eigenvalue weighted by Gasteiger charge is 2.23. The molecule has 54 heavy (non-hydrogen) atoms. The lowest BCUT2D eigenvalue weighted by Gasteiger charge is -2.19. The van der Waals surface area contributed by atoms with Gasteiger partial charge in [-0.25, -0.2) is 0 Å². The molecule has 2 heterocycles. The van der Waals surface area contributed by atoms with E-state index < -0.39 is 0 Å². The lowest BCUT2D eigenvalue weighted by molar-refractivity contribution is 0.669. The highest BCUT2D eigenvalue weighted by Crippen LogP contribution is 2.49. The summed E-state index contributed by atoms with van der Waals surface area (Å²) in [5.41, 5.74) is 10.5. The van der Waals surface area contributed by atoms with E-state index in [2.05, 4.69) is 170 Å². The van der Waals surface area contributed by atoms with Gasteiger partial charge in [-0.1, -0.05) is 158 Å². The molecule has 0 aliphatic carbocycles. The normalized spacial score (nSPS) is 12.1. The molecule has 0 aliphatic rings. The van der Waals surface area contributed by atoms with Gasteiger partial charge in [-0.15, -0.1) is 0 Å². The van der Waals surface area contributed by atoms with Gasteiger partial charge in [-0.2, -0.15) is 0 Å². The Hall–Kier alpha value is -7.16. The third kappa shape index (κ3) is 4.11. The SMILES string of the molecule is c1ccc2c(c1)cc(-c1ccc3c(-c4cccc5c4oc4ccccc45)c4ccccc4c(-c4cccc5c4oc4ccccc45)c3c1)c1ccccc12. The van der Waals surface area contributed by atoms with Crippen LogP contribution in [-0.2, 0) is 0 Å². The molecular formula is C52H30O2. The number of benzene rings is 10. The number of furan rings is 2. The second-order valence-corrected chi connectivity index (χ2v) is 14.3. The third-order valence-corrected chi connectivity index (χ3v) is 11.5.